The molecule has 1 aromatic heterocycles. The van der Waals surface area contributed by atoms with Gasteiger partial charge >= 0.3 is 0 Å². The van der Waals surface area contributed by atoms with E-state index in [4.69, 9.17) is 11.6 Å². The minimum absolute atomic E-state index is 0.213. The molecule has 1 unspecified atom stereocenters. The van der Waals surface area contributed by atoms with Crippen molar-refractivity contribution < 1.29 is 18.0 Å². The number of carbonyl (C=O) groups excluding carboxylic acids is 1. The van der Waals surface area contributed by atoms with Gasteiger partial charge in [0.15, 0.2) is 5.01 Å². The van der Waals surface area contributed by atoms with Crippen LogP contribution in [0.25, 0.3) is 10.2 Å². The molecule has 18 heavy (non-hydrogen) atoms. The normalized spacial score (nSPS) is 12.9. The second-order valence-electron chi connectivity index (χ2n) is 3.30. The Kier molecular flexibility index (Phi) is 3.72. The molecule has 0 aliphatic rings. The third kappa shape index (κ3) is 2.56. The Morgan fingerprint density at radius 2 is 2.11 bits per heavy atom. The first-order chi connectivity index (χ1) is 8.49. The number of nitrogens with one attached hydrogen (secondary N) is 1. The van der Waals surface area contributed by atoms with Crippen LogP contribution in [0.4, 0.5) is 18.9 Å². The highest BCUT2D eigenvalue weighted by atomic mass is 35.5. The molecule has 0 spiro atoms. The topological polar surface area (TPSA) is 42.0 Å². The lowest BCUT2D eigenvalue weighted by Gasteiger charge is -2.04. The van der Waals surface area contributed by atoms with Gasteiger partial charge < -0.3 is 5.32 Å². The second-order valence-corrected chi connectivity index (χ2v) is 4.71. The number of alkyl halides is 4. The maximum absolute atomic E-state index is 12.5. The molecule has 1 N–H and O–H groups in total. The van der Waals surface area contributed by atoms with Gasteiger partial charge in [-0.1, -0.05) is 17.7 Å². The Hall–Kier alpha value is -1.34. The van der Waals surface area contributed by atoms with E-state index in [2.05, 4.69) is 10.3 Å². The van der Waals surface area contributed by atoms with Crippen LogP contribution in [0.5, 0.6) is 0 Å². The highest BCUT2D eigenvalue weighted by Crippen LogP contribution is 2.33. The highest BCUT2D eigenvalue weighted by molar-refractivity contribution is 7.19. The van der Waals surface area contributed by atoms with E-state index < -0.39 is 18.0 Å². The van der Waals surface area contributed by atoms with Crippen molar-refractivity contribution in [2.45, 2.75) is 12.1 Å². The molecule has 0 aliphatic heterocycles. The maximum Gasteiger partial charge on any atom is 0.289 e. The zero-order chi connectivity index (χ0) is 13.3. The first-order valence-electron chi connectivity index (χ1n) is 4.75. The number of rotatable bonds is 3. The van der Waals surface area contributed by atoms with Crippen molar-refractivity contribution in [3.05, 3.63) is 23.2 Å². The summed E-state index contributed by atoms with van der Waals surface area (Å²) in [4.78, 5) is 14.8. The highest BCUT2D eigenvalue weighted by Gasteiger charge is 2.18. The molecular formula is C10H6ClF3N2OS. The number of hydrogen-bond acceptors (Lipinski definition) is 3. The van der Waals surface area contributed by atoms with Gasteiger partial charge in [-0.3, -0.25) is 4.79 Å². The van der Waals surface area contributed by atoms with Gasteiger partial charge in [0.2, 0.25) is 0 Å². The van der Waals surface area contributed by atoms with E-state index >= 15 is 0 Å². The summed E-state index contributed by atoms with van der Waals surface area (Å²) in [6.07, 6.45) is -2.69. The van der Waals surface area contributed by atoms with E-state index in [0.717, 1.165) is 11.3 Å². The van der Waals surface area contributed by atoms with Crippen molar-refractivity contribution in [2.75, 3.05) is 5.32 Å². The molecule has 0 aliphatic carbocycles. The van der Waals surface area contributed by atoms with Crippen molar-refractivity contribution in [1.29, 1.82) is 0 Å². The summed E-state index contributed by atoms with van der Waals surface area (Å²) in [6, 6.07) is 4.52. The number of aromatic nitrogens is 1. The van der Waals surface area contributed by atoms with Gasteiger partial charge in [-0.25, -0.2) is 18.2 Å². The van der Waals surface area contributed by atoms with Gasteiger partial charge in [0.1, 0.15) is 0 Å². The lowest BCUT2D eigenvalue weighted by molar-refractivity contribution is -0.118. The van der Waals surface area contributed by atoms with Gasteiger partial charge in [0, 0.05) is 0 Å². The third-order valence-corrected chi connectivity index (χ3v) is 3.38. The third-order valence-electron chi connectivity index (χ3n) is 2.07. The Morgan fingerprint density at radius 3 is 2.72 bits per heavy atom. The van der Waals surface area contributed by atoms with Crippen molar-refractivity contribution >= 4 is 44.7 Å². The Bertz CT molecular complexity index is 588. The number of benzene rings is 1. The largest absolute Gasteiger partial charge is 0.321 e. The van der Waals surface area contributed by atoms with Crippen LogP contribution in [0, 0.1) is 0 Å². The lowest BCUT2D eigenvalue weighted by atomic mass is 10.3. The number of amides is 1. The van der Waals surface area contributed by atoms with Gasteiger partial charge in [-0.15, -0.1) is 11.3 Å². The predicted octanol–water partition coefficient (Wildman–Crippen LogP) is 3.71. The van der Waals surface area contributed by atoms with Gasteiger partial charge in [0.25, 0.3) is 18.0 Å². The standard InChI is InChI=1S/C10H6ClF3N2OS/c11-7(12)9(17)15-4-2-1-3-5-6(4)18-10(16-5)8(13)14/h1-3,7-8H,(H,15,17). The summed E-state index contributed by atoms with van der Waals surface area (Å²) in [6.45, 7) is 0. The van der Waals surface area contributed by atoms with Crippen LogP contribution in [0.2, 0.25) is 0 Å². The molecular weight excluding hydrogens is 289 g/mol. The molecule has 1 amide bonds. The summed E-state index contributed by atoms with van der Waals surface area (Å²) < 4.78 is 37.9. The van der Waals surface area contributed by atoms with Crippen molar-refractivity contribution in [3.63, 3.8) is 0 Å². The molecule has 1 heterocycles. The monoisotopic (exact) mass is 294 g/mol. The fourth-order valence-corrected chi connectivity index (χ4v) is 2.29. The summed E-state index contributed by atoms with van der Waals surface area (Å²) in [5.74, 6) is -1.05. The number of carbonyl (C=O) groups is 1. The predicted molar refractivity (Wildman–Crippen MR) is 64.0 cm³/mol. The SMILES string of the molecule is O=C(Nc1cccc2nc(C(F)F)sc12)C(F)Cl. The Labute approximate surface area is 109 Å². The summed E-state index contributed by atoms with van der Waals surface area (Å²) in [7, 11) is 0. The first-order valence-corrected chi connectivity index (χ1v) is 6.01. The zero-order valence-electron chi connectivity index (χ0n) is 8.66. The minimum atomic E-state index is -2.69. The van der Waals surface area contributed by atoms with Crippen molar-refractivity contribution in [2.24, 2.45) is 0 Å². The number of hydrogen-bond donors (Lipinski definition) is 1. The van der Waals surface area contributed by atoms with E-state index in [1.165, 1.54) is 18.2 Å². The number of thiazole rings is 1. The average molecular weight is 295 g/mol. The first kappa shape index (κ1) is 13.1. The average Bonchev–Trinajstić information content (AvgIpc) is 2.73. The van der Waals surface area contributed by atoms with Crippen LogP contribution in [-0.4, -0.2) is 16.5 Å². The molecule has 2 aromatic rings. The van der Waals surface area contributed by atoms with Gasteiger partial charge in [0.05, 0.1) is 15.9 Å². The molecule has 0 fully saturated rings. The van der Waals surface area contributed by atoms with Crippen LogP contribution in [0.3, 0.4) is 0 Å². The lowest BCUT2D eigenvalue weighted by Crippen LogP contribution is -2.19. The fraction of sp³-hybridized carbons (Fsp3) is 0.200. The molecule has 8 heteroatoms. The quantitative estimate of drug-likeness (QED) is 0.877. The molecule has 3 nitrogen and oxygen atoms in total. The van der Waals surface area contributed by atoms with Crippen LogP contribution < -0.4 is 5.32 Å². The Balaban J connectivity index is 2.41. The molecule has 96 valence electrons. The molecule has 0 bridgehead atoms. The number of halogens is 4. The molecule has 1 atom stereocenters. The molecule has 0 radical (unpaired) electrons. The van der Waals surface area contributed by atoms with Gasteiger partial charge in [-0.2, -0.15) is 0 Å². The summed E-state index contributed by atoms with van der Waals surface area (Å²) in [5.41, 5.74) is -1.66. The molecule has 1 aromatic carbocycles. The maximum atomic E-state index is 12.5. The number of nitrogens with zero attached hydrogens (tertiary/aromatic N) is 1. The van der Waals surface area contributed by atoms with Crippen LogP contribution in [0.15, 0.2) is 18.2 Å². The fourth-order valence-electron chi connectivity index (χ4n) is 1.35. The van der Waals surface area contributed by atoms with Crippen LogP contribution in [0.1, 0.15) is 11.4 Å². The Morgan fingerprint density at radius 1 is 1.39 bits per heavy atom. The molecule has 2 rings (SSSR count). The number of fused-ring (bicyclic) bond motifs is 1. The van der Waals surface area contributed by atoms with Crippen molar-refractivity contribution in [3.8, 4) is 0 Å². The number of anilines is 1. The minimum Gasteiger partial charge on any atom is -0.321 e. The van der Waals surface area contributed by atoms with Crippen LogP contribution in [-0.2, 0) is 4.79 Å². The smallest absolute Gasteiger partial charge is 0.289 e. The van der Waals surface area contributed by atoms with E-state index in [1.807, 2.05) is 0 Å². The molecule has 0 saturated carbocycles. The van der Waals surface area contributed by atoms with Crippen molar-refractivity contribution in [1.82, 2.24) is 4.98 Å². The van der Waals surface area contributed by atoms with Crippen LogP contribution >= 0.6 is 22.9 Å². The second kappa shape index (κ2) is 5.11. The van der Waals surface area contributed by atoms with E-state index in [0.29, 0.717) is 10.2 Å². The zero-order valence-corrected chi connectivity index (χ0v) is 10.2. The van der Waals surface area contributed by atoms with Gasteiger partial charge in [-0.05, 0) is 12.1 Å². The van der Waals surface area contributed by atoms with E-state index in [9.17, 15) is 18.0 Å². The van der Waals surface area contributed by atoms with E-state index in [1.54, 1.807) is 0 Å². The summed E-state index contributed by atoms with van der Waals surface area (Å²) >= 11 is 5.72. The molecule has 0 saturated heterocycles. The van der Waals surface area contributed by atoms with E-state index in [-0.39, 0.29) is 10.7 Å². The summed E-state index contributed by atoms with van der Waals surface area (Å²) in [5, 5.41) is 1.86.